The fourth-order valence-corrected chi connectivity index (χ4v) is 3.13. The molecule has 0 unspecified atom stereocenters. The third-order valence-corrected chi connectivity index (χ3v) is 4.89. The van der Waals surface area contributed by atoms with Crippen LogP contribution in [-0.2, 0) is 11.3 Å². The van der Waals surface area contributed by atoms with E-state index in [1.54, 1.807) is 24.3 Å². The molecule has 0 atom stereocenters. The van der Waals surface area contributed by atoms with Crippen LogP contribution in [0, 0.1) is 5.82 Å². The number of halogens is 2. The van der Waals surface area contributed by atoms with Crippen LogP contribution in [0.25, 0.3) is 11.4 Å². The second kappa shape index (κ2) is 10.5. The summed E-state index contributed by atoms with van der Waals surface area (Å²) in [7, 11) is 0. The van der Waals surface area contributed by atoms with E-state index in [-0.39, 0.29) is 10.8 Å². The van der Waals surface area contributed by atoms with E-state index in [2.05, 4.69) is 26.3 Å². The Kier molecular flexibility index (Phi) is 7.09. The molecule has 3 aromatic carbocycles. The molecule has 0 aliphatic heterocycles. The van der Waals surface area contributed by atoms with Crippen molar-refractivity contribution in [3.8, 4) is 17.1 Å². The number of nitrogens with one attached hydrogen (secondary N) is 2. The number of nitrogens with zero attached hydrogens (tertiary/aromatic N) is 4. The molecule has 0 bridgehead atoms. The molecule has 9 nitrogen and oxygen atoms in total. The summed E-state index contributed by atoms with van der Waals surface area (Å²) in [6.07, 6.45) is 0. The standard InChI is InChI=1S/C23H18ClFN6O3/c24-19-12-18(25)10-11-20(19)34-14-21(32)26-28-23(33)17-8-6-15(7-9-17)13-31-29-22(27-30-31)16-4-2-1-3-5-16/h1-12H,13-14H2,(H,26,32)(H,28,33). The zero-order chi connectivity index (χ0) is 23.9. The molecule has 4 rings (SSSR count). The number of ether oxygens (including phenoxy) is 1. The molecule has 0 saturated carbocycles. The zero-order valence-corrected chi connectivity index (χ0v) is 18.4. The summed E-state index contributed by atoms with van der Waals surface area (Å²) in [6.45, 7) is -0.0395. The van der Waals surface area contributed by atoms with Crippen LogP contribution in [0.2, 0.25) is 5.02 Å². The van der Waals surface area contributed by atoms with E-state index in [1.165, 1.54) is 10.9 Å². The Morgan fingerprint density at radius 1 is 1.00 bits per heavy atom. The second-order valence-electron chi connectivity index (χ2n) is 7.07. The van der Waals surface area contributed by atoms with Gasteiger partial charge >= 0.3 is 0 Å². The Bertz CT molecular complexity index is 1300. The first kappa shape index (κ1) is 22.9. The number of tetrazole rings is 1. The van der Waals surface area contributed by atoms with E-state index < -0.39 is 24.2 Å². The van der Waals surface area contributed by atoms with Gasteiger partial charge in [-0.05, 0) is 41.1 Å². The van der Waals surface area contributed by atoms with Crippen molar-refractivity contribution in [2.24, 2.45) is 0 Å². The number of amides is 2. The van der Waals surface area contributed by atoms with Gasteiger partial charge in [-0.15, -0.1) is 10.2 Å². The van der Waals surface area contributed by atoms with Crippen LogP contribution in [0.1, 0.15) is 15.9 Å². The number of aromatic nitrogens is 4. The normalized spacial score (nSPS) is 10.5. The molecule has 0 aliphatic carbocycles. The van der Waals surface area contributed by atoms with Crippen LogP contribution >= 0.6 is 11.6 Å². The fraction of sp³-hybridized carbons (Fsp3) is 0.0870. The molecule has 0 radical (unpaired) electrons. The third-order valence-electron chi connectivity index (χ3n) is 4.59. The quantitative estimate of drug-likeness (QED) is 0.393. The van der Waals surface area contributed by atoms with E-state index >= 15 is 0 Å². The van der Waals surface area contributed by atoms with Crippen LogP contribution in [0.15, 0.2) is 72.8 Å². The first-order chi connectivity index (χ1) is 16.5. The van der Waals surface area contributed by atoms with Gasteiger partial charge in [0, 0.05) is 11.1 Å². The van der Waals surface area contributed by atoms with E-state index in [0.717, 1.165) is 23.3 Å². The number of rotatable bonds is 7. The van der Waals surface area contributed by atoms with Gasteiger partial charge in [0.05, 0.1) is 11.6 Å². The molecule has 2 N–H and O–H groups in total. The Balaban J connectivity index is 1.26. The maximum atomic E-state index is 13.0. The second-order valence-corrected chi connectivity index (χ2v) is 7.48. The summed E-state index contributed by atoms with van der Waals surface area (Å²) in [4.78, 5) is 25.6. The van der Waals surface area contributed by atoms with Crippen LogP contribution in [0.5, 0.6) is 5.75 Å². The monoisotopic (exact) mass is 480 g/mol. The summed E-state index contributed by atoms with van der Waals surface area (Å²) in [6, 6.07) is 19.8. The molecule has 0 saturated heterocycles. The van der Waals surface area contributed by atoms with Crippen molar-refractivity contribution in [3.05, 3.63) is 94.8 Å². The van der Waals surface area contributed by atoms with E-state index in [9.17, 15) is 14.0 Å². The number of carbonyl (C=O) groups is 2. The summed E-state index contributed by atoms with van der Waals surface area (Å²) < 4.78 is 18.3. The van der Waals surface area contributed by atoms with Crippen LogP contribution < -0.4 is 15.6 Å². The fourth-order valence-electron chi connectivity index (χ4n) is 2.91. The van der Waals surface area contributed by atoms with Gasteiger partial charge in [-0.25, -0.2) is 4.39 Å². The Morgan fingerprint density at radius 3 is 2.50 bits per heavy atom. The predicted molar refractivity (Wildman–Crippen MR) is 121 cm³/mol. The summed E-state index contributed by atoms with van der Waals surface area (Å²) >= 11 is 5.83. The molecule has 172 valence electrons. The van der Waals surface area contributed by atoms with E-state index in [0.29, 0.717) is 17.9 Å². The average Bonchev–Trinajstić information content (AvgIpc) is 3.31. The lowest BCUT2D eigenvalue weighted by Gasteiger charge is -2.10. The SMILES string of the molecule is O=C(COc1ccc(F)cc1Cl)NNC(=O)c1ccc(Cn2nnc(-c3ccccc3)n2)cc1. The maximum Gasteiger partial charge on any atom is 0.276 e. The summed E-state index contributed by atoms with van der Waals surface area (Å²) in [5.74, 6) is -0.965. The smallest absolute Gasteiger partial charge is 0.276 e. The van der Waals surface area contributed by atoms with E-state index in [1.807, 2.05) is 30.3 Å². The molecule has 2 amide bonds. The van der Waals surface area contributed by atoms with E-state index in [4.69, 9.17) is 16.3 Å². The van der Waals surface area contributed by atoms with Gasteiger partial charge in [-0.3, -0.25) is 20.4 Å². The minimum atomic E-state index is -0.614. The highest BCUT2D eigenvalue weighted by Gasteiger charge is 2.11. The molecule has 11 heteroatoms. The van der Waals surface area contributed by atoms with Crippen molar-refractivity contribution in [1.82, 2.24) is 31.1 Å². The van der Waals surface area contributed by atoms with Crippen LogP contribution in [0.3, 0.4) is 0 Å². The van der Waals surface area contributed by atoms with Gasteiger partial charge in [-0.1, -0.05) is 54.1 Å². The minimum absolute atomic E-state index is 0.0364. The Morgan fingerprint density at radius 2 is 1.76 bits per heavy atom. The van der Waals surface area contributed by atoms with Gasteiger partial charge in [-0.2, -0.15) is 4.80 Å². The maximum absolute atomic E-state index is 13.0. The van der Waals surface area contributed by atoms with Gasteiger partial charge in [0.1, 0.15) is 11.6 Å². The predicted octanol–water partition coefficient (Wildman–Crippen LogP) is 3.02. The Labute approximate surface area is 198 Å². The highest BCUT2D eigenvalue weighted by Crippen LogP contribution is 2.24. The molecule has 1 aromatic heterocycles. The van der Waals surface area contributed by atoms with Gasteiger partial charge in [0.15, 0.2) is 6.61 Å². The highest BCUT2D eigenvalue weighted by molar-refractivity contribution is 6.32. The molecule has 34 heavy (non-hydrogen) atoms. The molecular weight excluding hydrogens is 463 g/mol. The Hall–Kier alpha value is -4.31. The van der Waals surface area contributed by atoms with Crippen LogP contribution in [-0.4, -0.2) is 38.6 Å². The molecule has 4 aromatic rings. The first-order valence-electron chi connectivity index (χ1n) is 10.1. The number of benzene rings is 3. The summed E-state index contributed by atoms with van der Waals surface area (Å²) in [5.41, 5.74) is 6.61. The van der Waals surface area contributed by atoms with Crippen molar-refractivity contribution < 1.29 is 18.7 Å². The van der Waals surface area contributed by atoms with Crippen molar-refractivity contribution in [3.63, 3.8) is 0 Å². The van der Waals surface area contributed by atoms with Crippen molar-refractivity contribution in [2.45, 2.75) is 6.54 Å². The lowest BCUT2D eigenvalue weighted by molar-refractivity contribution is -0.123. The molecule has 0 fully saturated rings. The number of hydrazine groups is 1. The molecule has 0 spiro atoms. The summed E-state index contributed by atoms with van der Waals surface area (Å²) in [5, 5.41) is 12.5. The topological polar surface area (TPSA) is 111 Å². The molecular formula is C23H18ClFN6O3. The van der Waals surface area contributed by atoms with Crippen molar-refractivity contribution >= 4 is 23.4 Å². The van der Waals surface area contributed by atoms with Gasteiger partial charge < -0.3 is 4.74 Å². The average molecular weight is 481 g/mol. The number of hydrogen-bond donors (Lipinski definition) is 2. The van der Waals surface area contributed by atoms with Crippen molar-refractivity contribution in [2.75, 3.05) is 6.61 Å². The van der Waals surface area contributed by atoms with Gasteiger partial charge in [0.25, 0.3) is 11.8 Å². The molecule has 1 heterocycles. The molecule has 0 aliphatic rings. The third kappa shape index (κ3) is 5.93. The number of carbonyl (C=O) groups excluding carboxylic acids is 2. The highest BCUT2D eigenvalue weighted by atomic mass is 35.5. The van der Waals surface area contributed by atoms with Crippen LogP contribution in [0.4, 0.5) is 4.39 Å². The minimum Gasteiger partial charge on any atom is -0.482 e. The van der Waals surface area contributed by atoms with Crippen molar-refractivity contribution in [1.29, 1.82) is 0 Å². The first-order valence-corrected chi connectivity index (χ1v) is 10.4. The lowest BCUT2D eigenvalue weighted by atomic mass is 10.1. The largest absolute Gasteiger partial charge is 0.482 e. The number of hydrogen-bond acceptors (Lipinski definition) is 6. The zero-order valence-electron chi connectivity index (χ0n) is 17.6. The van der Waals surface area contributed by atoms with Gasteiger partial charge in [0.2, 0.25) is 5.82 Å². The lowest BCUT2D eigenvalue weighted by Crippen LogP contribution is -2.43.